The summed E-state index contributed by atoms with van der Waals surface area (Å²) in [4.78, 5) is 11.9. The monoisotopic (exact) mass is 342 g/mol. The predicted octanol–water partition coefficient (Wildman–Crippen LogP) is 1.19. The van der Waals surface area contributed by atoms with Crippen LogP contribution in [0.2, 0.25) is 0 Å². The van der Waals surface area contributed by atoms with E-state index in [1.807, 2.05) is 0 Å². The van der Waals surface area contributed by atoms with Crippen LogP contribution in [0.3, 0.4) is 0 Å². The molecular weight excluding hydrogens is 324 g/mol. The molecule has 0 unspecified atom stereocenters. The molecule has 9 nitrogen and oxygen atoms in total. The number of anilines is 1. The Morgan fingerprint density at radius 2 is 2.04 bits per heavy atom. The maximum atomic E-state index is 12.5. The molecule has 0 aliphatic rings. The van der Waals surface area contributed by atoms with E-state index in [0.29, 0.717) is 0 Å². The smallest absolute Gasteiger partial charge is 0.361 e. The topological polar surface area (TPSA) is 108 Å². The average Bonchev–Trinajstić information content (AvgIpc) is 3.04. The van der Waals surface area contributed by atoms with E-state index in [0.717, 1.165) is 10.4 Å². The molecule has 0 aliphatic carbocycles. The van der Waals surface area contributed by atoms with E-state index in [2.05, 4.69) is 10.3 Å². The minimum absolute atomic E-state index is 0.211. The van der Waals surface area contributed by atoms with E-state index in [9.17, 15) is 13.2 Å². The van der Waals surface area contributed by atoms with Gasteiger partial charge in [-0.15, -0.1) is 0 Å². The van der Waals surface area contributed by atoms with Crippen LogP contribution < -0.4 is 4.31 Å². The number of hydrogen-bond acceptors (Lipinski definition) is 7. The number of aryl methyl sites for hydroxylation is 1. The number of carbonyl (C=O) groups is 1. The molecule has 23 heavy (non-hydrogen) atoms. The van der Waals surface area contributed by atoms with Gasteiger partial charge in [0.25, 0.3) is 5.09 Å². The molecule has 2 aromatic rings. The molecule has 0 atom stereocenters. The highest BCUT2D eigenvalue weighted by molar-refractivity contribution is 7.92. The van der Waals surface area contributed by atoms with Gasteiger partial charge in [0.15, 0.2) is 11.5 Å². The summed E-state index contributed by atoms with van der Waals surface area (Å²) >= 11 is 0. The number of hydrogen-bond donors (Lipinski definition) is 0. The first-order chi connectivity index (χ1) is 10.5. The lowest BCUT2D eigenvalue weighted by Gasteiger charge is -2.18. The van der Waals surface area contributed by atoms with Gasteiger partial charge in [-0.05, 0) is 20.8 Å². The van der Waals surface area contributed by atoms with E-state index in [1.165, 1.54) is 17.8 Å². The predicted molar refractivity (Wildman–Crippen MR) is 80.5 cm³/mol. The summed E-state index contributed by atoms with van der Waals surface area (Å²) in [5, 5.41) is 7.00. The van der Waals surface area contributed by atoms with Crippen LogP contribution in [0.25, 0.3) is 0 Å². The SMILES string of the molecule is CN(c1ccn(C)n1)S(=O)(=O)c1cc(C(=O)OC(C)(C)C)no1. The van der Waals surface area contributed by atoms with Crippen molar-refractivity contribution in [2.24, 2.45) is 7.05 Å². The lowest BCUT2D eigenvalue weighted by atomic mass is 10.2. The zero-order valence-electron chi connectivity index (χ0n) is 13.5. The van der Waals surface area contributed by atoms with E-state index in [4.69, 9.17) is 9.26 Å². The molecule has 0 aromatic carbocycles. The van der Waals surface area contributed by atoms with Crippen molar-refractivity contribution in [1.82, 2.24) is 14.9 Å². The second-order valence-corrected chi connectivity index (χ2v) is 7.75. The zero-order valence-corrected chi connectivity index (χ0v) is 14.3. The van der Waals surface area contributed by atoms with Crippen molar-refractivity contribution >= 4 is 21.8 Å². The van der Waals surface area contributed by atoms with Crippen molar-refractivity contribution in [3.63, 3.8) is 0 Å². The fraction of sp³-hybridized carbons (Fsp3) is 0.462. The van der Waals surface area contributed by atoms with Crippen molar-refractivity contribution in [3.05, 3.63) is 24.0 Å². The number of aromatic nitrogens is 3. The number of esters is 1. The number of ether oxygens (including phenoxy) is 1. The quantitative estimate of drug-likeness (QED) is 0.768. The Morgan fingerprint density at radius 3 is 2.57 bits per heavy atom. The molecule has 0 fully saturated rings. The highest BCUT2D eigenvalue weighted by Crippen LogP contribution is 2.21. The molecule has 0 N–H and O–H groups in total. The van der Waals surface area contributed by atoms with Crippen LogP contribution in [-0.4, -0.2) is 42.0 Å². The van der Waals surface area contributed by atoms with E-state index < -0.39 is 26.7 Å². The number of rotatable bonds is 4. The summed E-state index contributed by atoms with van der Waals surface area (Å²) < 4.78 is 37.2. The van der Waals surface area contributed by atoms with Gasteiger partial charge in [0, 0.05) is 32.4 Å². The molecule has 2 aromatic heterocycles. The first kappa shape index (κ1) is 17.0. The third kappa shape index (κ3) is 3.70. The summed E-state index contributed by atoms with van der Waals surface area (Å²) in [5.41, 5.74) is -0.937. The zero-order chi connectivity index (χ0) is 17.4. The van der Waals surface area contributed by atoms with Gasteiger partial charge in [0.2, 0.25) is 0 Å². The Hall–Kier alpha value is -2.36. The van der Waals surface area contributed by atoms with E-state index >= 15 is 0 Å². The minimum Gasteiger partial charge on any atom is -0.455 e. The van der Waals surface area contributed by atoms with Crippen molar-refractivity contribution in [2.45, 2.75) is 31.5 Å². The Morgan fingerprint density at radius 1 is 1.39 bits per heavy atom. The number of sulfonamides is 1. The standard InChI is InChI=1S/C13H18N4O5S/c1-13(2,3)21-12(18)9-8-11(22-15-9)23(19,20)17(5)10-6-7-16(4)14-10/h6-8H,1-5H3. The maximum absolute atomic E-state index is 12.5. The summed E-state index contributed by atoms with van der Waals surface area (Å²) in [7, 11) is -1.02. The Bertz CT molecular complexity index is 816. The molecule has 0 saturated heterocycles. The maximum Gasteiger partial charge on any atom is 0.361 e. The van der Waals surface area contributed by atoms with Gasteiger partial charge in [0.1, 0.15) is 5.60 Å². The number of carbonyl (C=O) groups excluding carboxylic acids is 1. The van der Waals surface area contributed by atoms with Crippen molar-refractivity contribution in [3.8, 4) is 0 Å². The van der Waals surface area contributed by atoms with Gasteiger partial charge in [-0.3, -0.25) is 4.68 Å². The average molecular weight is 342 g/mol. The summed E-state index contributed by atoms with van der Waals surface area (Å²) in [6, 6.07) is 2.56. The van der Waals surface area contributed by atoms with Crippen LogP contribution in [0.5, 0.6) is 0 Å². The summed E-state index contributed by atoms with van der Waals surface area (Å²) in [5.74, 6) is -0.550. The van der Waals surface area contributed by atoms with Gasteiger partial charge in [-0.1, -0.05) is 5.16 Å². The fourth-order valence-corrected chi connectivity index (χ4v) is 2.64. The van der Waals surface area contributed by atoms with Gasteiger partial charge in [0.05, 0.1) is 0 Å². The van der Waals surface area contributed by atoms with Gasteiger partial charge in [-0.25, -0.2) is 9.10 Å². The molecule has 2 rings (SSSR count). The van der Waals surface area contributed by atoms with Crippen molar-refractivity contribution < 1.29 is 22.5 Å². The molecule has 0 amide bonds. The first-order valence-electron chi connectivity index (χ1n) is 6.69. The Balaban J connectivity index is 2.26. The second-order valence-electron chi connectivity index (χ2n) is 5.85. The third-order valence-corrected chi connectivity index (χ3v) is 4.34. The van der Waals surface area contributed by atoms with Crippen LogP contribution in [0, 0.1) is 0 Å². The second kappa shape index (κ2) is 5.69. The molecule has 0 bridgehead atoms. The lowest BCUT2D eigenvalue weighted by Crippen LogP contribution is -2.27. The Kier molecular flexibility index (Phi) is 4.20. The summed E-state index contributed by atoms with van der Waals surface area (Å²) in [6.07, 6.45) is 1.61. The first-order valence-corrected chi connectivity index (χ1v) is 8.13. The highest BCUT2D eigenvalue weighted by Gasteiger charge is 2.30. The summed E-state index contributed by atoms with van der Waals surface area (Å²) in [6.45, 7) is 5.08. The van der Waals surface area contributed by atoms with E-state index in [1.54, 1.807) is 34.0 Å². The molecule has 0 aliphatic heterocycles. The van der Waals surface area contributed by atoms with Gasteiger partial charge < -0.3 is 9.26 Å². The van der Waals surface area contributed by atoms with Crippen LogP contribution >= 0.6 is 0 Å². The Labute approximate surface area is 133 Å². The normalized spacial score (nSPS) is 12.2. The molecule has 126 valence electrons. The van der Waals surface area contributed by atoms with Crippen LogP contribution in [-0.2, 0) is 21.8 Å². The van der Waals surface area contributed by atoms with Gasteiger partial charge in [-0.2, -0.15) is 13.5 Å². The van der Waals surface area contributed by atoms with Gasteiger partial charge >= 0.3 is 16.0 Å². The van der Waals surface area contributed by atoms with Crippen LogP contribution in [0.15, 0.2) is 27.9 Å². The molecule has 0 spiro atoms. The minimum atomic E-state index is -4.01. The molecular formula is C13H18N4O5S. The molecule has 2 heterocycles. The molecule has 0 saturated carbocycles. The fourth-order valence-electron chi connectivity index (χ4n) is 1.64. The molecule has 10 heteroatoms. The van der Waals surface area contributed by atoms with Crippen LogP contribution in [0.1, 0.15) is 31.3 Å². The lowest BCUT2D eigenvalue weighted by molar-refractivity contribution is 0.00585. The van der Waals surface area contributed by atoms with Crippen LogP contribution in [0.4, 0.5) is 5.82 Å². The highest BCUT2D eigenvalue weighted by atomic mass is 32.2. The number of nitrogens with zero attached hydrogens (tertiary/aromatic N) is 4. The van der Waals surface area contributed by atoms with Crippen molar-refractivity contribution in [2.75, 3.05) is 11.4 Å². The molecule has 0 radical (unpaired) electrons. The van der Waals surface area contributed by atoms with Crippen molar-refractivity contribution in [1.29, 1.82) is 0 Å². The van der Waals surface area contributed by atoms with E-state index in [-0.39, 0.29) is 11.5 Å². The third-order valence-electron chi connectivity index (χ3n) is 2.73. The largest absolute Gasteiger partial charge is 0.455 e.